The summed E-state index contributed by atoms with van der Waals surface area (Å²) in [7, 11) is 0. The normalized spacial score (nSPS) is 13.1. The summed E-state index contributed by atoms with van der Waals surface area (Å²) in [6.07, 6.45) is 7.11. The minimum Gasteiger partial charge on any atom is -0.361 e. The van der Waals surface area contributed by atoms with Crippen LogP contribution in [0.2, 0.25) is 5.02 Å². The molecule has 33 heavy (non-hydrogen) atoms. The van der Waals surface area contributed by atoms with E-state index < -0.39 is 21.7 Å². The van der Waals surface area contributed by atoms with Crippen molar-refractivity contribution in [3.05, 3.63) is 28.8 Å². The van der Waals surface area contributed by atoms with Gasteiger partial charge in [-0.3, -0.25) is 4.79 Å². The minimum absolute atomic E-state index is 0.00172. The van der Waals surface area contributed by atoms with E-state index in [1.165, 1.54) is 44.9 Å². The Morgan fingerprint density at radius 2 is 1.42 bits per heavy atom. The van der Waals surface area contributed by atoms with Crippen LogP contribution in [-0.2, 0) is 11.0 Å². The second-order valence-electron chi connectivity index (χ2n) is 8.16. The second kappa shape index (κ2) is 15.4. The lowest BCUT2D eigenvalue weighted by Gasteiger charge is -2.28. The topological polar surface area (TPSA) is 41.1 Å². The van der Waals surface area contributed by atoms with E-state index in [1.54, 1.807) is 0 Å². The zero-order valence-corrected chi connectivity index (χ0v) is 21.9. The van der Waals surface area contributed by atoms with Crippen LogP contribution in [0.3, 0.4) is 0 Å². The molecule has 190 valence electrons. The maximum atomic E-state index is 13.0. The Morgan fingerprint density at radius 3 is 1.91 bits per heavy atom. The number of rotatable bonds is 15. The lowest BCUT2D eigenvalue weighted by molar-refractivity contribution is -0.137. The number of carbonyl (C=O) groups is 1. The largest absolute Gasteiger partial charge is 0.416 e. The summed E-state index contributed by atoms with van der Waals surface area (Å²) >= 11 is 23.8. The summed E-state index contributed by atoms with van der Waals surface area (Å²) in [4.78, 5) is 12.3. The number of benzene rings is 1. The molecule has 1 rings (SSSR count). The highest BCUT2D eigenvalue weighted by molar-refractivity contribution is 6.68. The van der Waals surface area contributed by atoms with Crippen molar-refractivity contribution < 1.29 is 18.0 Å². The zero-order valence-electron chi connectivity index (χ0n) is 18.8. The summed E-state index contributed by atoms with van der Waals surface area (Å²) in [6.45, 7) is 2.21. The van der Waals surface area contributed by atoms with Crippen LogP contribution in [-0.4, -0.2) is 15.9 Å². The fourth-order valence-corrected chi connectivity index (χ4v) is 3.85. The van der Waals surface area contributed by atoms with Crippen molar-refractivity contribution in [1.29, 1.82) is 0 Å². The fraction of sp³-hybridized carbons (Fsp3) is 0.696. The first kappa shape index (κ1) is 30.5. The van der Waals surface area contributed by atoms with Gasteiger partial charge in [0.05, 0.1) is 16.3 Å². The van der Waals surface area contributed by atoms with Gasteiger partial charge in [-0.1, -0.05) is 118 Å². The Labute approximate surface area is 215 Å². The van der Waals surface area contributed by atoms with Crippen LogP contribution in [0, 0.1) is 0 Å². The second-order valence-corrected chi connectivity index (χ2v) is 10.9. The van der Waals surface area contributed by atoms with Gasteiger partial charge >= 0.3 is 6.18 Å². The third-order valence-electron chi connectivity index (χ3n) is 5.23. The molecule has 0 aliphatic carbocycles. The van der Waals surface area contributed by atoms with E-state index in [2.05, 4.69) is 17.6 Å². The molecule has 0 spiro atoms. The van der Waals surface area contributed by atoms with E-state index in [0.29, 0.717) is 6.42 Å². The van der Waals surface area contributed by atoms with E-state index in [0.717, 1.165) is 37.5 Å². The lowest BCUT2D eigenvalue weighted by Crippen LogP contribution is -2.49. The number of amides is 1. The van der Waals surface area contributed by atoms with E-state index in [4.69, 9.17) is 46.4 Å². The van der Waals surface area contributed by atoms with Gasteiger partial charge < -0.3 is 10.6 Å². The standard InChI is InChI=1S/C23H33Cl4F3N2O/c1-2-3-4-5-6-7-8-9-10-11-12-13-20(33)32-21(22(25,26)27)31-19-16-17(23(28,29)30)14-15-18(19)24/h14-16,21,31H,2-13H2,1H3,(H,32,33)/t21-/m0/s1. The Morgan fingerprint density at radius 1 is 0.909 bits per heavy atom. The van der Waals surface area contributed by atoms with Crippen molar-refractivity contribution in [2.45, 2.75) is 100 Å². The fourth-order valence-electron chi connectivity index (χ4n) is 3.35. The summed E-state index contributed by atoms with van der Waals surface area (Å²) in [5, 5.41) is 5.16. The summed E-state index contributed by atoms with van der Waals surface area (Å²) < 4.78 is 37.0. The maximum absolute atomic E-state index is 13.0. The van der Waals surface area contributed by atoms with Gasteiger partial charge in [-0.05, 0) is 24.6 Å². The number of carbonyl (C=O) groups excluding carboxylic acids is 1. The molecule has 0 heterocycles. The quantitative estimate of drug-likeness (QED) is 0.129. The Hall–Kier alpha value is -0.560. The van der Waals surface area contributed by atoms with Crippen LogP contribution < -0.4 is 10.6 Å². The molecule has 1 aromatic carbocycles. The van der Waals surface area contributed by atoms with Gasteiger partial charge in [-0.2, -0.15) is 13.2 Å². The smallest absolute Gasteiger partial charge is 0.361 e. The Kier molecular flexibility index (Phi) is 14.3. The average Bonchev–Trinajstić information content (AvgIpc) is 2.71. The first-order valence-corrected chi connectivity index (χ1v) is 13.0. The third kappa shape index (κ3) is 13.2. The molecule has 0 radical (unpaired) electrons. The number of hydrogen-bond donors (Lipinski definition) is 2. The number of hydrogen-bond acceptors (Lipinski definition) is 2. The van der Waals surface area contributed by atoms with Crippen molar-refractivity contribution >= 4 is 58.0 Å². The molecule has 3 nitrogen and oxygen atoms in total. The molecule has 0 fully saturated rings. The molecule has 0 aromatic heterocycles. The highest BCUT2D eigenvalue weighted by Crippen LogP contribution is 2.36. The van der Waals surface area contributed by atoms with Crippen molar-refractivity contribution in [2.24, 2.45) is 0 Å². The van der Waals surface area contributed by atoms with Gasteiger partial charge in [0.25, 0.3) is 0 Å². The molecule has 1 aromatic rings. The van der Waals surface area contributed by atoms with Crippen LogP contribution in [0.4, 0.5) is 18.9 Å². The Balaban J connectivity index is 2.43. The molecule has 0 saturated carbocycles. The van der Waals surface area contributed by atoms with Crippen LogP contribution in [0.25, 0.3) is 0 Å². The molecule has 0 aliphatic heterocycles. The summed E-state index contributed by atoms with van der Waals surface area (Å²) in [6, 6.07) is 2.75. The average molecular weight is 552 g/mol. The summed E-state index contributed by atoms with van der Waals surface area (Å²) in [5.74, 6) is -0.363. The van der Waals surface area contributed by atoms with Crippen molar-refractivity contribution in [3.8, 4) is 0 Å². The van der Waals surface area contributed by atoms with E-state index in [-0.39, 0.29) is 23.0 Å². The third-order valence-corrected chi connectivity index (χ3v) is 6.22. The molecule has 1 amide bonds. The number of anilines is 1. The predicted molar refractivity (Wildman–Crippen MR) is 133 cm³/mol. The van der Waals surface area contributed by atoms with Gasteiger partial charge in [-0.15, -0.1) is 0 Å². The van der Waals surface area contributed by atoms with E-state index in [1.807, 2.05) is 0 Å². The van der Waals surface area contributed by atoms with Crippen LogP contribution in [0.1, 0.15) is 89.5 Å². The van der Waals surface area contributed by atoms with Gasteiger partial charge in [0, 0.05) is 6.42 Å². The summed E-state index contributed by atoms with van der Waals surface area (Å²) in [5.41, 5.74) is -1.01. The maximum Gasteiger partial charge on any atom is 0.416 e. The van der Waals surface area contributed by atoms with Crippen molar-refractivity contribution in [3.63, 3.8) is 0 Å². The lowest BCUT2D eigenvalue weighted by atomic mass is 10.1. The van der Waals surface area contributed by atoms with Gasteiger partial charge in [-0.25, -0.2) is 0 Å². The van der Waals surface area contributed by atoms with E-state index >= 15 is 0 Å². The molecule has 0 unspecified atom stereocenters. The highest BCUT2D eigenvalue weighted by Gasteiger charge is 2.35. The van der Waals surface area contributed by atoms with Crippen molar-refractivity contribution in [1.82, 2.24) is 5.32 Å². The molecular weight excluding hydrogens is 519 g/mol. The SMILES string of the molecule is CCCCCCCCCCCCCC(=O)N[C@H](Nc1cc(C(F)(F)F)ccc1Cl)C(Cl)(Cl)Cl. The molecular formula is C23H33Cl4F3N2O. The molecule has 10 heteroatoms. The molecule has 0 aliphatic rings. The van der Waals surface area contributed by atoms with Gasteiger partial charge in [0.2, 0.25) is 9.70 Å². The number of halogens is 7. The molecule has 2 N–H and O–H groups in total. The zero-order chi connectivity index (χ0) is 24.9. The van der Waals surface area contributed by atoms with E-state index in [9.17, 15) is 18.0 Å². The predicted octanol–water partition coefficient (Wildman–Crippen LogP) is 9.28. The molecule has 0 bridgehead atoms. The first-order chi connectivity index (χ1) is 15.4. The first-order valence-electron chi connectivity index (χ1n) is 11.4. The monoisotopic (exact) mass is 550 g/mol. The van der Waals surface area contributed by atoms with Crippen LogP contribution in [0.15, 0.2) is 18.2 Å². The molecule has 0 saturated heterocycles. The van der Waals surface area contributed by atoms with Crippen LogP contribution >= 0.6 is 46.4 Å². The highest BCUT2D eigenvalue weighted by atomic mass is 35.6. The van der Waals surface area contributed by atoms with Gasteiger partial charge in [0.15, 0.2) is 0 Å². The van der Waals surface area contributed by atoms with Crippen molar-refractivity contribution in [2.75, 3.05) is 5.32 Å². The minimum atomic E-state index is -4.56. The molecule has 1 atom stereocenters. The van der Waals surface area contributed by atoms with Gasteiger partial charge in [0.1, 0.15) is 6.17 Å². The Bertz CT molecular complexity index is 712. The number of unbranched alkanes of at least 4 members (excludes halogenated alkanes) is 10. The number of alkyl halides is 6. The number of nitrogens with one attached hydrogen (secondary N) is 2. The van der Waals surface area contributed by atoms with Crippen LogP contribution in [0.5, 0.6) is 0 Å².